The Hall–Kier alpha value is -1.68. The summed E-state index contributed by atoms with van der Waals surface area (Å²) < 4.78 is 18.0. The van der Waals surface area contributed by atoms with Gasteiger partial charge in [-0.1, -0.05) is 15.8 Å². The van der Waals surface area contributed by atoms with Gasteiger partial charge in [0.05, 0.1) is 15.9 Å². The second-order valence-electron chi connectivity index (χ2n) is 5.56. The second-order valence-corrected chi connectivity index (χ2v) is 7.32. The van der Waals surface area contributed by atoms with E-state index in [1.165, 1.54) is 23.5 Å². The number of anilines is 1. The van der Waals surface area contributed by atoms with Crippen LogP contribution < -0.4 is 4.90 Å². The predicted molar refractivity (Wildman–Crippen MR) is 102 cm³/mol. The zero-order chi connectivity index (χ0) is 17.3. The van der Waals surface area contributed by atoms with E-state index in [0.717, 1.165) is 11.5 Å². The van der Waals surface area contributed by atoms with Crippen molar-refractivity contribution in [2.24, 2.45) is 0 Å². The summed E-state index contributed by atoms with van der Waals surface area (Å²) in [5.41, 5.74) is 1.28. The van der Waals surface area contributed by atoms with Crippen LogP contribution in [0, 0.1) is 12.7 Å². The standard InChI is InChI=1S/C15H16FN5OS2.ClH/c1-9-13(24-19-18-9)14(22)21(7-6-20(2)3)15-17-11-5-4-10(16)8-12(11)23-15;/h4-5,8H,6-7H2,1-3H3;1H. The molecule has 0 radical (unpaired) electrons. The first-order valence-electron chi connectivity index (χ1n) is 7.27. The molecule has 134 valence electrons. The highest BCUT2D eigenvalue weighted by atomic mass is 35.5. The predicted octanol–water partition coefficient (Wildman–Crippen LogP) is 3.23. The monoisotopic (exact) mass is 401 g/mol. The summed E-state index contributed by atoms with van der Waals surface area (Å²) in [7, 11) is 3.88. The van der Waals surface area contributed by atoms with Crippen molar-refractivity contribution in [2.75, 3.05) is 32.1 Å². The molecule has 2 heterocycles. The van der Waals surface area contributed by atoms with Crippen LogP contribution in [0.4, 0.5) is 9.52 Å². The highest BCUT2D eigenvalue weighted by molar-refractivity contribution is 7.22. The van der Waals surface area contributed by atoms with Crippen molar-refractivity contribution in [1.82, 2.24) is 19.5 Å². The van der Waals surface area contributed by atoms with Crippen molar-refractivity contribution < 1.29 is 9.18 Å². The number of hydrogen-bond acceptors (Lipinski definition) is 7. The lowest BCUT2D eigenvalue weighted by atomic mass is 10.3. The molecule has 10 heteroatoms. The summed E-state index contributed by atoms with van der Waals surface area (Å²) in [6, 6.07) is 4.43. The maximum absolute atomic E-state index is 13.4. The molecule has 6 nitrogen and oxygen atoms in total. The van der Waals surface area contributed by atoms with E-state index in [-0.39, 0.29) is 24.1 Å². The van der Waals surface area contributed by atoms with Crippen LogP contribution in [0.15, 0.2) is 18.2 Å². The maximum Gasteiger partial charge on any atom is 0.273 e. The summed E-state index contributed by atoms with van der Waals surface area (Å²) in [4.78, 5) is 21.5. The number of carbonyl (C=O) groups is 1. The van der Waals surface area contributed by atoms with Crippen LogP contribution in [-0.4, -0.2) is 52.6 Å². The molecule has 3 aromatic rings. The van der Waals surface area contributed by atoms with Crippen molar-refractivity contribution in [1.29, 1.82) is 0 Å². The van der Waals surface area contributed by atoms with Crippen molar-refractivity contribution in [2.45, 2.75) is 6.92 Å². The van der Waals surface area contributed by atoms with Gasteiger partial charge in [-0.25, -0.2) is 9.37 Å². The van der Waals surface area contributed by atoms with Gasteiger partial charge in [0.1, 0.15) is 10.7 Å². The van der Waals surface area contributed by atoms with E-state index >= 15 is 0 Å². The quantitative estimate of drug-likeness (QED) is 0.656. The third-order valence-corrected chi connectivity index (χ3v) is 5.29. The number of aromatic nitrogens is 3. The number of rotatable bonds is 5. The maximum atomic E-state index is 13.4. The molecule has 25 heavy (non-hydrogen) atoms. The Balaban J connectivity index is 0.00000225. The topological polar surface area (TPSA) is 62.2 Å². The Morgan fingerprint density at radius 2 is 2.04 bits per heavy atom. The third kappa shape index (κ3) is 4.30. The molecule has 0 aliphatic heterocycles. The zero-order valence-corrected chi connectivity index (χ0v) is 16.3. The fourth-order valence-electron chi connectivity index (χ4n) is 2.14. The van der Waals surface area contributed by atoms with Crippen LogP contribution in [0.2, 0.25) is 0 Å². The van der Waals surface area contributed by atoms with Gasteiger partial charge in [0, 0.05) is 13.1 Å². The number of fused-ring (bicyclic) bond motifs is 1. The molecule has 1 amide bonds. The largest absolute Gasteiger partial charge is 0.308 e. The molecule has 0 N–H and O–H groups in total. The SMILES string of the molecule is Cc1nnsc1C(=O)N(CCN(C)C)c1nc2ccc(F)cc2s1.Cl. The van der Waals surface area contributed by atoms with Gasteiger partial charge < -0.3 is 4.90 Å². The van der Waals surface area contributed by atoms with Gasteiger partial charge in [0.15, 0.2) is 5.13 Å². The average Bonchev–Trinajstić information content (AvgIpc) is 3.12. The van der Waals surface area contributed by atoms with Gasteiger partial charge in [-0.15, -0.1) is 17.5 Å². The van der Waals surface area contributed by atoms with Crippen LogP contribution in [0.5, 0.6) is 0 Å². The molecule has 0 fully saturated rings. The molecule has 1 aromatic carbocycles. The Morgan fingerprint density at radius 3 is 2.68 bits per heavy atom. The van der Waals surface area contributed by atoms with Crippen LogP contribution in [0.1, 0.15) is 15.4 Å². The number of aryl methyl sites for hydroxylation is 1. The van der Waals surface area contributed by atoms with Crippen molar-refractivity contribution in [3.8, 4) is 0 Å². The Bertz CT molecular complexity index is 882. The Morgan fingerprint density at radius 1 is 1.28 bits per heavy atom. The Kier molecular flexibility index (Phi) is 6.39. The van der Waals surface area contributed by atoms with Gasteiger partial charge in [-0.05, 0) is 50.8 Å². The second kappa shape index (κ2) is 8.13. The summed E-state index contributed by atoms with van der Waals surface area (Å²) in [5.74, 6) is -0.491. The van der Waals surface area contributed by atoms with Crippen LogP contribution in [0.25, 0.3) is 10.2 Å². The lowest BCUT2D eigenvalue weighted by molar-refractivity contribution is 0.0988. The number of nitrogens with zero attached hydrogens (tertiary/aromatic N) is 5. The molecular weight excluding hydrogens is 385 g/mol. The lowest BCUT2D eigenvalue weighted by Crippen LogP contribution is -2.36. The summed E-state index contributed by atoms with van der Waals surface area (Å²) in [5, 5.41) is 4.46. The normalized spacial score (nSPS) is 10.9. The van der Waals surface area contributed by atoms with Gasteiger partial charge in [0.2, 0.25) is 0 Å². The molecule has 2 aromatic heterocycles. The van der Waals surface area contributed by atoms with E-state index in [4.69, 9.17) is 0 Å². The molecule has 0 spiro atoms. The van der Waals surface area contributed by atoms with Crippen LogP contribution >= 0.6 is 35.3 Å². The molecule has 0 aliphatic carbocycles. The van der Waals surface area contributed by atoms with Gasteiger partial charge in [-0.3, -0.25) is 9.69 Å². The number of likely N-dealkylation sites (N-methyl/N-ethyl adjacent to an activating group) is 1. The van der Waals surface area contributed by atoms with E-state index in [2.05, 4.69) is 14.6 Å². The molecule has 0 bridgehead atoms. The molecule has 0 unspecified atom stereocenters. The van der Waals surface area contributed by atoms with Gasteiger partial charge in [0.25, 0.3) is 5.91 Å². The van der Waals surface area contributed by atoms with Crippen molar-refractivity contribution >= 4 is 56.5 Å². The van der Waals surface area contributed by atoms with Crippen LogP contribution in [0.3, 0.4) is 0 Å². The number of hydrogen-bond donors (Lipinski definition) is 0. The van der Waals surface area contributed by atoms with E-state index in [9.17, 15) is 9.18 Å². The molecule has 0 aliphatic rings. The summed E-state index contributed by atoms with van der Waals surface area (Å²) in [6.07, 6.45) is 0. The fourth-order valence-corrected chi connectivity index (χ4v) is 3.76. The number of thiazole rings is 1. The first-order chi connectivity index (χ1) is 11.5. The third-order valence-electron chi connectivity index (χ3n) is 3.43. The number of amides is 1. The molecular formula is C15H17ClFN5OS2. The molecule has 0 atom stereocenters. The van der Waals surface area contributed by atoms with E-state index < -0.39 is 0 Å². The van der Waals surface area contributed by atoms with E-state index in [1.54, 1.807) is 17.9 Å². The minimum atomic E-state index is -0.314. The van der Waals surface area contributed by atoms with Crippen molar-refractivity contribution in [3.05, 3.63) is 34.6 Å². The highest BCUT2D eigenvalue weighted by Crippen LogP contribution is 2.30. The smallest absolute Gasteiger partial charge is 0.273 e. The van der Waals surface area contributed by atoms with Gasteiger partial charge >= 0.3 is 0 Å². The average molecular weight is 402 g/mol. The number of halogens is 2. The minimum absolute atomic E-state index is 0. The van der Waals surface area contributed by atoms with Gasteiger partial charge in [-0.2, -0.15) is 0 Å². The Labute approximate surface area is 158 Å². The first kappa shape index (κ1) is 19.6. The molecule has 0 saturated carbocycles. The number of carbonyl (C=O) groups excluding carboxylic acids is 1. The summed E-state index contributed by atoms with van der Waals surface area (Å²) in [6.45, 7) is 2.92. The highest BCUT2D eigenvalue weighted by Gasteiger charge is 2.25. The van der Waals surface area contributed by atoms with E-state index in [0.29, 0.717) is 39.0 Å². The minimum Gasteiger partial charge on any atom is -0.308 e. The van der Waals surface area contributed by atoms with E-state index in [1.807, 2.05) is 19.0 Å². The van der Waals surface area contributed by atoms with Crippen molar-refractivity contribution in [3.63, 3.8) is 0 Å². The lowest BCUT2D eigenvalue weighted by Gasteiger charge is -2.21. The zero-order valence-electron chi connectivity index (χ0n) is 13.9. The fraction of sp³-hybridized carbons (Fsp3) is 0.333. The summed E-state index contributed by atoms with van der Waals surface area (Å²) >= 11 is 2.38. The number of benzene rings is 1. The first-order valence-corrected chi connectivity index (χ1v) is 8.86. The molecule has 3 rings (SSSR count). The molecule has 0 saturated heterocycles. The van der Waals surface area contributed by atoms with Crippen LogP contribution in [-0.2, 0) is 0 Å².